The number of fused-ring (bicyclic) bond motifs is 15. The second-order valence-corrected chi connectivity index (χ2v) is 28.9. The molecule has 2 fully saturated rings. The number of hydrogen-bond donors (Lipinski definition) is 19. The molecule has 576 valence electrons. The number of primary amides is 1. The van der Waals surface area contributed by atoms with E-state index in [9.17, 15) is 69.9 Å². The number of amides is 7. The van der Waals surface area contributed by atoms with Gasteiger partial charge in [-0.05, 0) is 116 Å². The number of aliphatic hydroxyl groups excluding tert-OH is 5. The highest BCUT2D eigenvalue weighted by Crippen LogP contribution is 2.50. The SMILES string of the molecule is CN[C@@H](CC(C)C)C(=O)N[C@H]1C(=O)N[C@@H](CC(N)=O)C(=O)N[C@H]2C(=O)N[C@H]3C(=O)N[C@H](C(=O)N[C@@H](C(=O)O)c4cc(O)cc(O)c4-c4cc3ccc4O)[C@H](O)c3ccc(c(Cl)c3)Oc3cc2cc(c3OC2OC(CSc3nccc(N)n3)C(O)C(O)C2OC2CC(C)(N)C(O)C(C)O2)Oc2ccc(cc2Cl)[C@H]1O. The Morgan fingerprint density at radius 1 is 0.741 bits per heavy atom. The number of nitrogens with two attached hydrogens (primary N) is 3. The third-order valence-corrected chi connectivity index (χ3v) is 20.2. The molecule has 0 radical (unpaired) electrons. The summed E-state index contributed by atoms with van der Waals surface area (Å²) < 4.78 is 39.5. The van der Waals surface area contributed by atoms with Gasteiger partial charge in [-0.25, -0.2) is 14.8 Å². The van der Waals surface area contributed by atoms with E-state index < -0.39 is 225 Å². The normalized spacial score (nSPS) is 28.3. The van der Waals surface area contributed by atoms with Crippen LogP contribution in [0.2, 0.25) is 10.0 Å². The van der Waals surface area contributed by atoms with Gasteiger partial charge in [-0.15, -0.1) is 0 Å². The summed E-state index contributed by atoms with van der Waals surface area (Å²) in [5.74, 6) is -16.1. The van der Waals surface area contributed by atoms with Crippen molar-refractivity contribution in [2.45, 2.75) is 161 Å². The molecule has 18 atom stereocenters. The molecule has 11 bridgehead atoms. The molecule has 1 aromatic heterocycles. The number of carboxylic acids is 1. The number of likely N-dealkylation sites (N-methyl/N-ethyl adjacent to an activating group) is 1. The number of phenolic OH excluding ortho intramolecular Hbond substituents is 3. The van der Waals surface area contributed by atoms with Gasteiger partial charge in [0.15, 0.2) is 35.1 Å². The van der Waals surface area contributed by atoms with Gasteiger partial charge >= 0.3 is 5.97 Å². The van der Waals surface area contributed by atoms with Crippen molar-refractivity contribution in [3.05, 3.63) is 129 Å². The average Bonchev–Trinajstić information content (AvgIpc) is 0.767. The van der Waals surface area contributed by atoms with Crippen LogP contribution in [-0.2, 0) is 52.6 Å². The second-order valence-electron chi connectivity index (χ2n) is 27.1. The van der Waals surface area contributed by atoms with E-state index in [1.165, 1.54) is 45.3 Å². The fraction of sp³-hybridized carbons (Fsp3) is 0.400. The number of hydrogen-bond acceptors (Lipinski definition) is 28. The van der Waals surface area contributed by atoms with Crippen molar-refractivity contribution in [3.8, 4) is 57.1 Å². The average molecular weight is 1560 g/mol. The summed E-state index contributed by atoms with van der Waals surface area (Å²) in [5, 5.41) is 122. The molecule has 108 heavy (non-hydrogen) atoms. The van der Waals surface area contributed by atoms with E-state index in [2.05, 4.69) is 47.2 Å². The molecular formula is C70H78Cl2N12O23S. The standard InChI is InChI=1S/C70H78Cl2N12O23S/c1-25(2)14-36(76-5)61(94)83-52-54(89)28-7-10-40(34(71)16-28)103-42-18-30-19-43(58(42)107-68-59(106-47-23-70(4,75)60(93)26(3)102-47)57(92)56(91)44(105-68)24-108-69-77-13-12-45(73)79-69)104-41-11-8-29(17-35(41)72)55(90)53-66(99)82-51(67(100)101)33-20-31(85)21-39(87)48(33)32-15-27(6-9-38(32)86)49(63(96)84-53)81-64(97)50(30)80-62(95)37(22-46(74)88)78-65(52)98/h6-13,15-21,25-26,36-37,44,47,49-57,59-60,68,76,85-87,89-93H,14,22-24,75H2,1-5H3,(H2,74,88)(H,78,98)(H,80,95)(H,81,97)(H,82,99)(H,83,94)(H,84,96)(H,100,101)(H2,73,77,79)/t26?,36-,37-,44?,47?,49+,50+,51+,52+,53-,54+,55+,56?,57?,59?,60?,68?,70?/m0/s1. The van der Waals surface area contributed by atoms with Crippen LogP contribution in [0.1, 0.15) is 105 Å². The number of nitrogens with zero attached hydrogens (tertiary/aromatic N) is 2. The van der Waals surface area contributed by atoms with Crippen LogP contribution in [0.5, 0.6) is 46.0 Å². The zero-order chi connectivity index (χ0) is 78.2. The number of phenols is 3. The lowest BCUT2D eigenvalue weighted by Crippen LogP contribution is -2.64. The maximum absolute atomic E-state index is 16.2. The van der Waals surface area contributed by atoms with Gasteiger partial charge in [0.05, 0.1) is 40.8 Å². The third-order valence-electron chi connectivity index (χ3n) is 18.6. The summed E-state index contributed by atoms with van der Waals surface area (Å²) in [5.41, 5.74) is 14.1. The number of aliphatic carboxylic acids is 1. The number of nitrogens with one attached hydrogen (secondary N) is 7. The number of ether oxygens (including phenoxy) is 6. The van der Waals surface area contributed by atoms with Crippen LogP contribution in [0, 0.1) is 5.92 Å². The van der Waals surface area contributed by atoms with E-state index in [0.717, 1.165) is 78.5 Å². The summed E-state index contributed by atoms with van der Waals surface area (Å²) >= 11 is 15.2. The number of thioether (sulfide) groups is 1. The van der Waals surface area contributed by atoms with Gasteiger partial charge in [0.2, 0.25) is 53.4 Å². The van der Waals surface area contributed by atoms with Crippen molar-refractivity contribution < 1.29 is 113 Å². The molecule has 9 unspecified atom stereocenters. The molecule has 35 nitrogen and oxygen atoms in total. The van der Waals surface area contributed by atoms with E-state index in [1.54, 1.807) is 0 Å². The van der Waals surface area contributed by atoms with Crippen LogP contribution >= 0.6 is 35.0 Å². The summed E-state index contributed by atoms with van der Waals surface area (Å²) in [6.07, 6.45) is -16.8. The Bertz CT molecular complexity index is 4510. The molecule has 7 aliphatic heterocycles. The van der Waals surface area contributed by atoms with Crippen LogP contribution in [0.15, 0.2) is 96.3 Å². The fourth-order valence-corrected chi connectivity index (χ4v) is 14.4. The first-order valence-corrected chi connectivity index (χ1v) is 35.4. The van der Waals surface area contributed by atoms with Crippen molar-refractivity contribution >= 4 is 88.1 Å². The predicted molar refractivity (Wildman–Crippen MR) is 379 cm³/mol. The first kappa shape index (κ1) is 79.1. The zero-order valence-electron chi connectivity index (χ0n) is 57.9. The molecule has 2 saturated heterocycles. The molecule has 8 heterocycles. The van der Waals surface area contributed by atoms with Crippen molar-refractivity contribution in [2.24, 2.45) is 17.4 Å². The van der Waals surface area contributed by atoms with Gasteiger partial charge in [-0.3, -0.25) is 33.6 Å². The number of aromatic hydroxyl groups is 3. The Morgan fingerprint density at radius 3 is 1.98 bits per heavy atom. The van der Waals surface area contributed by atoms with Gasteiger partial charge in [-0.1, -0.05) is 67.0 Å². The maximum Gasteiger partial charge on any atom is 0.330 e. The molecule has 6 aromatic rings. The minimum atomic E-state index is -2.35. The van der Waals surface area contributed by atoms with Crippen LogP contribution in [0.3, 0.4) is 0 Å². The topological polar surface area (TPSA) is 562 Å². The monoisotopic (exact) mass is 1560 g/mol. The molecule has 0 aliphatic carbocycles. The third kappa shape index (κ3) is 17.1. The van der Waals surface area contributed by atoms with Crippen molar-refractivity contribution in [1.82, 2.24) is 47.2 Å². The first-order chi connectivity index (χ1) is 51.1. The zero-order valence-corrected chi connectivity index (χ0v) is 60.2. The number of aromatic nitrogens is 2. The molecule has 0 spiro atoms. The molecule has 5 aromatic carbocycles. The quantitative estimate of drug-likeness (QED) is 0.0508. The molecule has 13 rings (SSSR count). The van der Waals surface area contributed by atoms with E-state index in [1.807, 2.05) is 13.8 Å². The maximum atomic E-state index is 16.2. The van der Waals surface area contributed by atoms with Gasteiger partial charge in [-0.2, -0.15) is 0 Å². The minimum Gasteiger partial charge on any atom is -0.508 e. The van der Waals surface area contributed by atoms with Crippen LogP contribution in [-0.4, -0.2) is 195 Å². The van der Waals surface area contributed by atoms with E-state index in [-0.39, 0.29) is 68.7 Å². The Morgan fingerprint density at radius 2 is 1.37 bits per heavy atom. The van der Waals surface area contributed by atoms with E-state index in [0.29, 0.717) is 0 Å². The smallest absolute Gasteiger partial charge is 0.330 e. The summed E-state index contributed by atoms with van der Waals surface area (Å²) in [7, 11) is 1.48. The van der Waals surface area contributed by atoms with Crippen LogP contribution in [0.4, 0.5) is 5.82 Å². The summed E-state index contributed by atoms with van der Waals surface area (Å²) in [6.45, 7) is 6.67. The minimum absolute atomic E-state index is 0.0818. The molecule has 7 aliphatic rings. The van der Waals surface area contributed by atoms with Crippen molar-refractivity contribution in [1.29, 1.82) is 0 Å². The Labute approximate surface area is 628 Å². The number of aliphatic hydroxyl groups is 5. The lowest BCUT2D eigenvalue weighted by atomic mass is 9.86. The molecule has 22 N–H and O–H groups in total. The number of anilines is 1. The highest BCUT2D eigenvalue weighted by Gasteiger charge is 2.52. The Hall–Kier alpha value is -9.93. The Balaban J connectivity index is 1.16. The molecule has 7 amide bonds. The van der Waals surface area contributed by atoms with Gasteiger partial charge in [0.1, 0.15) is 89.2 Å². The highest BCUT2D eigenvalue weighted by molar-refractivity contribution is 7.99. The van der Waals surface area contributed by atoms with Gasteiger partial charge in [0.25, 0.3) is 0 Å². The summed E-state index contributed by atoms with van der Waals surface area (Å²) in [4.78, 5) is 126. The second kappa shape index (κ2) is 32.5. The Kier molecular flexibility index (Phi) is 23.8. The van der Waals surface area contributed by atoms with E-state index in [4.69, 9.17) is 68.8 Å². The number of carbonyl (C=O) groups excluding carboxylic acids is 7. The predicted octanol–water partition coefficient (Wildman–Crippen LogP) is 1.28. The number of carboxylic acid groups (broad SMARTS) is 1. The molecule has 0 saturated carbocycles. The van der Waals surface area contributed by atoms with Crippen molar-refractivity contribution in [3.63, 3.8) is 0 Å². The lowest BCUT2D eigenvalue weighted by molar-refractivity contribution is -0.329. The number of carbonyl (C=O) groups is 8. The number of rotatable bonds is 15. The van der Waals surface area contributed by atoms with Crippen LogP contribution < -0.4 is 68.6 Å². The first-order valence-electron chi connectivity index (χ1n) is 33.6. The highest BCUT2D eigenvalue weighted by atomic mass is 35.5. The fourth-order valence-electron chi connectivity index (χ4n) is 13.1. The summed E-state index contributed by atoms with van der Waals surface area (Å²) in [6, 6.07) is 0.881. The molecular weight excluding hydrogens is 1480 g/mol. The number of benzene rings is 5. The molecule has 38 heteroatoms. The van der Waals surface area contributed by atoms with Gasteiger partial charge < -0.3 is 129 Å². The largest absolute Gasteiger partial charge is 0.508 e. The lowest BCUT2D eigenvalue weighted by Gasteiger charge is -2.47. The van der Waals surface area contributed by atoms with Gasteiger partial charge in [0, 0.05) is 46.7 Å². The van der Waals surface area contributed by atoms with E-state index >= 15 is 14.4 Å². The number of nitrogen functional groups attached to an aromatic ring is 1. The van der Waals surface area contributed by atoms with Crippen molar-refractivity contribution in [2.75, 3.05) is 18.5 Å². The number of halogens is 2. The van der Waals surface area contributed by atoms with Crippen LogP contribution in [0.25, 0.3) is 11.1 Å².